The Labute approximate surface area is 91.6 Å². The van der Waals surface area contributed by atoms with Crippen molar-refractivity contribution in [1.82, 2.24) is 0 Å². The average Bonchev–Trinajstić information content (AvgIpc) is 1.94. The van der Waals surface area contributed by atoms with Crippen molar-refractivity contribution in [1.29, 1.82) is 0 Å². The summed E-state index contributed by atoms with van der Waals surface area (Å²) in [7, 11) is 0. The quantitative estimate of drug-likeness (QED) is 0.548. The molecule has 0 bridgehead atoms. The Morgan fingerprint density at radius 2 is 1.33 bits per heavy atom. The van der Waals surface area contributed by atoms with Crippen molar-refractivity contribution in [2.45, 2.75) is 0 Å². The number of benzene rings is 1. The minimum Gasteiger partial charge on any atom is -0.399 e. The molecule has 2 N–H and O–H groups in total. The summed E-state index contributed by atoms with van der Waals surface area (Å²) in [6.45, 7) is 0. The lowest BCUT2D eigenvalue weighted by Gasteiger charge is -1.88. The molecule has 6 heteroatoms. The highest BCUT2D eigenvalue weighted by molar-refractivity contribution is 7.54. The predicted molar refractivity (Wildman–Crippen MR) is 59.2 cm³/mol. The van der Waals surface area contributed by atoms with Gasteiger partial charge in [0.15, 0.2) is 0 Å². The summed E-state index contributed by atoms with van der Waals surface area (Å²) >= 11 is 20.0. The number of anilines is 1. The Balaban J connectivity index is 0.000000261. The molecule has 0 saturated carbocycles. The third kappa shape index (κ3) is 8.34. The van der Waals surface area contributed by atoms with E-state index in [0.29, 0.717) is 0 Å². The molecule has 0 fully saturated rings. The number of nitrogens with two attached hydrogens (primary N) is 1. The Kier molecular flexibility index (Phi) is 6.87. The molecule has 0 unspecified atom stereocenters. The molecule has 1 rings (SSSR count). The first kappa shape index (κ1) is 12.2. The van der Waals surface area contributed by atoms with Crippen LogP contribution >= 0.6 is 46.0 Å². The summed E-state index contributed by atoms with van der Waals surface area (Å²) in [5, 5.41) is 0.721. The monoisotopic (exact) mass is 243 g/mol. The molecule has 1 nitrogen and oxygen atoms in total. The van der Waals surface area contributed by atoms with Gasteiger partial charge >= 0.3 is 4.96 Å². The van der Waals surface area contributed by atoms with Gasteiger partial charge in [0.25, 0.3) is 0 Å². The largest absolute Gasteiger partial charge is 0.450 e. The van der Waals surface area contributed by atoms with E-state index >= 15 is 0 Å². The van der Waals surface area contributed by atoms with Gasteiger partial charge in [-0.25, -0.2) is 0 Å². The van der Waals surface area contributed by atoms with E-state index in [2.05, 4.69) is 0 Å². The van der Waals surface area contributed by atoms with Crippen LogP contribution in [0.15, 0.2) is 24.3 Å². The summed E-state index contributed by atoms with van der Waals surface area (Å²) < 4.78 is 0. The van der Waals surface area contributed by atoms with Crippen LogP contribution in [0.25, 0.3) is 0 Å². The second-order valence-corrected chi connectivity index (χ2v) is 4.21. The van der Waals surface area contributed by atoms with Crippen LogP contribution in [0.2, 0.25) is 5.02 Å². The summed E-state index contributed by atoms with van der Waals surface area (Å²) in [5.74, 6) is 0. The van der Waals surface area contributed by atoms with Gasteiger partial charge in [0.05, 0.1) is 0 Å². The van der Waals surface area contributed by atoms with E-state index in [9.17, 15) is 0 Å². The van der Waals surface area contributed by atoms with E-state index < -0.39 is 4.96 Å². The zero-order valence-corrected chi connectivity index (χ0v) is 9.00. The molecule has 0 atom stereocenters. The molecule has 66 valence electrons. The van der Waals surface area contributed by atoms with Crippen molar-refractivity contribution in [2.24, 2.45) is 0 Å². The molecule has 0 aromatic heterocycles. The normalized spacial score (nSPS) is 8.33. The van der Waals surface area contributed by atoms with Crippen LogP contribution in [0.3, 0.4) is 0 Å². The summed E-state index contributed by atoms with van der Waals surface area (Å²) in [6.07, 6.45) is 0. The fourth-order valence-corrected chi connectivity index (χ4v) is 0.589. The smallest absolute Gasteiger partial charge is 0.399 e. The summed E-state index contributed by atoms with van der Waals surface area (Å²) in [6, 6.07) is 7.05. The van der Waals surface area contributed by atoms with Gasteiger partial charge in [-0.15, -0.1) is 0 Å². The first-order valence-electron chi connectivity index (χ1n) is 2.95. The van der Waals surface area contributed by atoms with Crippen LogP contribution in [-0.4, -0.2) is 4.96 Å². The fourth-order valence-electron chi connectivity index (χ4n) is 0.463. The van der Waals surface area contributed by atoms with Gasteiger partial charge in [0.1, 0.15) is 0 Å². The molecule has 12 heavy (non-hydrogen) atoms. The maximum atomic E-state index is 5.56. The molecule has 0 spiro atoms. The summed E-state index contributed by atoms with van der Waals surface area (Å²) in [5.41, 5.74) is 6.11. The lowest BCUT2D eigenvalue weighted by atomic mass is 10.3. The van der Waals surface area contributed by atoms with E-state index in [-0.39, 0.29) is 0 Å². The van der Waals surface area contributed by atoms with Gasteiger partial charge in [-0.3, -0.25) is 0 Å². The molecule has 0 aliphatic heterocycles. The molecular formula is C6H6BCl4N. The highest BCUT2D eigenvalue weighted by atomic mass is 35.6. The Hall–Kier alpha value is 0.245. The van der Waals surface area contributed by atoms with E-state index in [4.69, 9.17) is 51.7 Å². The molecular weight excluding hydrogens is 239 g/mol. The van der Waals surface area contributed by atoms with Gasteiger partial charge in [-0.1, -0.05) is 11.6 Å². The minimum atomic E-state index is -0.750. The fraction of sp³-hybridized carbons (Fsp3) is 0. The van der Waals surface area contributed by atoms with E-state index in [1.807, 2.05) is 0 Å². The topological polar surface area (TPSA) is 26.0 Å². The van der Waals surface area contributed by atoms with Crippen LogP contribution in [0, 0.1) is 0 Å². The Morgan fingerprint density at radius 1 is 1.00 bits per heavy atom. The molecule has 0 heterocycles. The zero-order chi connectivity index (χ0) is 9.56. The number of hydrogen-bond acceptors (Lipinski definition) is 1. The van der Waals surface area contributed by atoms with E-state index in [1.165, 1.54) is 0 Å². The number of nitrogen functional groups attached to an aromatic ring is 1. The second-order valence-electron chi connectivity index (χ2n) is 1.80. The van der Waals surface area contributed by atoms with E-state index in [1.54, 1.807) is 24.3 Å². The first-order chi connectivity index (χ1) is 5.52. The van der Waals surface area contributed by atoms with Gasteiger partial charge < -0.3 is 5.73 Å². The highest BCUT2D eigenvalue weighted by Gasteiger charge is 1.91. The molecule has 1 aromatic rings. The third-order valence-corrected chi connectivity index (χ3v) is 1.12. The van der Waals surface area contributed by atoms with Crippen LogP contribution in [0.4, 0.5) is 5.69 Å². The van der Waals surface area contributed by atoms with Crippen molar-refractivity contribution < 1.29 is 0 Å². The molecule has 0 amide bonds. The van der Waals surface area contributed by atoms with Crippen LogP contribution in [-0.2, 0) is 0 Å². The lowest BCUT2D eigenvalue weighted by Crippen LogP contribution is -1.80. The number of halogens is 4. The lowest BCUT2D eigenvalue weighted by molar-refractivity contribution is 1.69. The maximum Gasteiger partial charge on any atom is 0.450 e. The number of rotatable bonds is 0. The molecule has 0 aliphatic rings. The van der Waals surface area contributed by atoms with Crippen molar-refractivity contribution in [3.63, 3.8) is 0 Å². The van der Waals surface area contributed by atoms with Crippen LogP contribution in [0.5, 0.6) is 0 Å². The minimum absolute atomic E-state index is 0.721. The van der Waals surface area contributed by atoms with Crippen molar-refractivity contribution in [3.05, 3.63) is 29.3 Å². The Morgan fingerprint density at radius 3 is 1.58 bits per heavy atom. The highest BCUT2D eigenvalue weighted by Crippen LogP contribution is 2.09. The number of hydrogen-bond donors (Lipinski definition) is 1. The standard InChI is InChI=1S/C6H6ClN.BCl3/c7-5-1-3-6(8)4-2-5;2-1(3)4/h1-4H,8H2;. The van der Waals surface area contributed by atoms with Crippen molar-refractivity contribution >= 4 is 56.6 Å². The van der Waals surface area contributed by atoms with Gasteiger partial charge in [-0.2, -0.15) is 34.4 Å². The van der Waals surface area contributed by atoms with Crippen LogP contribution in [0.1, 0.15) is 0 Å². The SMILES string of the molecule is ClB(Cl)Cl.Nc1ccc(Cl)cc1. The predicted octanol–water partition coefficient (Wildman–Crippen LogP) is 3.61. The Bertz CT molecular complexity index is 190. The maximum absolute atomic E-state index is 5.56. The molecule has 0 aliphatic carbocycles. The van der Waals surface area contributed by atoms with Crippen LogP contribution < -0.4 is 5.73 Å². The van der Waals surface area contributed by atoms with Crippen molar-refractivity contribution in [2.75, 3.05) is 5.73 Å². The molecule has 1 aromatic carbocycles. The average molecular weight is 245 g/mol. The van der Waals surface area contributed by atoms with Gasteiger partial charge in [0, 0.05) is 10.7 Å². The summed E-state index contributed by atoms with van der Waals surface area (Å²) in [4.78, 5) is -0.750. The molecule has 0 radical (unpaired) electrons. The molecule has 0 saturated heterocycles. The zero-order valence-electron chi connectivity index (χ0n) is 5.98. The van der Waals surface area contributed by atoms with Gasteiger partial charge in [-0.05, 0) is 24.3 Å². The first-order valence-corrected chi connectivity index (χ1v) is 4.64. The van der Waals surface area contributed by atoms with Gasteiger partial charge in [0.2, 0.25) is 0 Å². The van der Waals surface area contributed by atoms with E-state index in [0.717, 1.165) is 10.7 Å². The second kappa shape index (κ2) is 6.73. The third-order valence-electron chi connectivity index (χ3n) is 0.870. The van der Waals surface area contributed by atoms with Crippen molar-refractivity contribution in [3.8, 4) is 0 Å².